The van der Waals surface area contributed by atoms with Gasteiger partial charge in [-0.25, -0.2) is 9.90 Å². The molecule has 1 atom stereocenters. The van der Waals surface area contributed by atoms with Crippen LogP contribution in [-0.2, 0) is 9.90 Å². The van der Waals surface area contributed by atoms with Gasteiger partial charge in [-0.05, 0) is 19.1 Å². The van der Waals surface area contributed by atoms with Gasteiger partial charge < -0.3 is 4.74 Å². The number of carbonyl (C=O) groups is 1. The monoisotopic (exact) mass is 233 g/mol. The van der Waals surface area contributed by atoms with Crippen LogP contribution in [0.4, 0.5) is 0 Å². The average Bonchev–Trinajstić information content (AvgIpc) is 2.11. The highest BCUT2D eigenvalue weighted by Crippen LogP contribution is 2.28. The number of hydrogen-bond acceptors (Lipinski definition) is 2. The molecule has 14 heavy (non-hydrogen) atoms. The highest BCUT2D eigenvalue weighted by Gasteiger charge is 2.16. The fourth-order valence-corrected chi connectivity index (χ4v) is 1.13. The summed E-state index contributed by atoms with van der Waals surface area (Å²) < 4.78 is 5.01. The topological polar surface area (TPSA) is 46.2 Å². The van der Waals surface area contributed by atoms with Gasteiger partial charge in [0.05, 0.1) is 5.02 Å². The lowest BCUT2D eigenvalue weighted by atomic mass is 10.3. The summed E-state index contributed by atoms with van der Waals surface area (Å²) in [5.74, 6) is -1.07. The predicted molar refractivity (Wildman–Crippen MR) is 52.2 cm³/mol. The second kappa shape index (κ2) is 4.53. The first-order valence-corrected chi connectivity index (χ1v) is 4.59. The number of hydrogen-bond donors (Lipinski definition) is 0. The zero-order valence-electron chi connectivity index (χ0n) is 7.29. The van der Waals surface area contributed by atoms with E-state index in [1.807, 2.05) is 0 Å². The van der Waals surface area contributed by atoms with Crippen molar-refractivity contribution < 1.29 is 14.6 Å². The molecule has 0 heterocycles. The van der Waals surface area contributed by atoms with E-state index in [0.717, 1.165) is 0 Å². The third-order valence-electron chi connectivity index (χ3n) is 1.53. The molecule has 0 N–H and O–H groups in total. The number of carbonyl (C=O) groups excluding carboxylic acids is 1. The molecule has 0 fully saturated rings. The summed E-state index contributed by atoms with van der Waals surface area (Å²) in [5, 5.41) is 11.1. The van der Waals surface area contributed by atoms with E-state index in [4.69, 9.17) is 27.9 Å². The molecule has 0 bridgehead atoms. The second-order valence-corrected chi connectivity index (χ2v) is 3.50. The zero-order chi connectivity index (χ0) is 10.7. The van der Waals surface area contributed by atoms with Gasteiger partial charge in [0.2, 0.25) is 0 Å². The quantitative estimate of drug-likeness (QED) is 0.806. The summed E-state index contributed by atoms with van der Waals surface area (Å²) in [5.41, 5.74) is 0. The molecule has 1 unspecified atom stereocenters. The smallest absolute Gasteiger partial charge is 0.395 e. The van der Waals surface area contributed by atoms with Crippen LogP contribution in [0.1, 0.15) is 6.92 Å². The summed E-state index contributed by atoms with van der Waals surface area (Å²) in [6.07, 6.45) is -1.06. The van der Waals surface area contributed by atoms with Crippen LogP contribution in [0.3, 0.4) is 0 Å². The van der Waals surface area contributed by atoms with E-state index in [2.05, 4.69) is 0 Å². The lowest BCUT2D eigenvalue weighted by Crippen LogP contribution is -2.21. The summed E-state index contributed by atoms with van der Waals surface area (Å²) in [6.45, 7) is 1.35. The molecule has 75 valence electrons. The average molecular weight is 234 g/mol. The van der Waals surface area contributed by atoms with E-state index < -0.39 is 12.1 Å². The van der Waals surface area contributed by atoms with Crippen LogP contribution < -0.4 is 4.74 Å². The molecule has 0 aliphatic heterocycles. The number of benzene rings is 1. The van der Waals surface area contributed by atoms with Crippen LogP contribution in [-0.4, -0.2) is 12.1 Å². The molecule has 0 aromatic heterocycles. The van der Waals surface area contributed by atoms with E-state index >= 15 is 0 Å². The van der Waals surface area contributed by atoms with Gasteiger partial charge in [-0.15, -0.1) is 0 Å². The molecule has 1 aromatic rings. The Morgan fingerprint density at radius 3 is 2.64 bits per heavy atom. The second-order valence-electron chi connectivity index (χ2n) is 2.65. The Morgan fingerprint density at radius 2 is 2.07 bits per heavy atom. The van der Waals surface area contributed by atoms with Gasteiger partial charge in [0, 0.05) is 11.1 Å². The van der Waals surface area contributed by atoms with Gasteiger partial charge in [0.1, 0.15) is 5.75 Å². The minimum absolute atomic E-state index is 0.232. The molecule has 5 heteroatoms. The summed E-state index contributed by atoms with van der Waals surface area (Å²) >= 11 is 11.4. The first-order valence-electron chi connectivity index (χ1n) is 3.83. The lowest BCUT2D eigenvalue weighted by Gasteiger charge is -2.10. The van der Waals surface area contributed by atoms with Crippen LogP contribution in [0.25, 0.3) is 0 Å². The maximum absolute atomic E-state index is 10.4. The van der Waals surface area contributed by atoms with E-state index in [1.165, 1.54) is 19.1 Å². The van der Waals surface area contributed by atoms with Crippen molar-refractivity contribution in [3.8, 4) is 5.75 Å². The van der Waals surface area contributed by atoms with Crippen molar-refractivity contribution in [2.45, 2.75) is 13.0 Å². The van der Waals surface area contributed by atoms with E-state index in [0.29, 0.717) is 10.0 Å². The largest absolute Gasteiger partial charge is 0.477 e. The first-order chi connectivity index (χ1) is 6.50. The van der Waals surface area contributed by atoms with Crippen LogP contribution in [0, 0.1) is 0 Å². The Balaban J connectivity index is 2.85. The maximum Gasteiger partial charge on any atom is 0.395 e. The Morgan fingerprint density at radius 1 is 1.43 bits per heavy atom. The SMILES string of the molecule is CC(Oc1cc(Cl)ccc1Cl)C([O])=O. The Kier molecular flexibility index (Phi) is 3.61. The first kappa shape index (κ1) is 11.1. The molecule has 3 nitrogen and oxygen atoms in total. The molecule has 1 aromatic carbocycles. The molecule has 0 aliphatic rings. The fourth-order valence-electron chi connectivity index (χ4n) is 0.806. The molecule has 0 saturated carbocycles. The summed E-state index contributed by atoms with van der Waals surface area (Å²) in [6, 6.07) is 4.56. The van der Waals surface area contributed by atoms with Crippen LogP contribution in [0.5, 0.6) is 5.75 Å². The van der Waals surface area contributed by atoms with Crippen LogP contribution in [0.15, 0.2) is 18.2 Å². The number of halogens is 2. The number of ether oxygens (including phenoxy) is 1. The molecule has 0 saturated heterocycles. The Bertz CT molecular complexity index is 352. The predicted octanol–water partition coefficient (Wildman–Crippen LogP) is 2.72. The lowest BCUT2D eigenvalue weighted by molar-refractivity contribution is -0.150. The van der Waals surface area contributed by atoms with E-state index in [1.54, 1.807) is 6.07 Å². The van der Waals surface area contributed by atoms with E-state index in [-0.39, 0.29) is 5.75 Å². The molecular weight excluding hydrogens is 227 g/mol. The number of rotatable bonds is 3. The highest BCUT2D eigenvalue weighted by atomic mass is 35.5. The third kappa shape index (κ3) is 2.79. The molecule has 1 radical (unpaired) electrons. The van der Waals surface area contributed by atoms with Crippen molar-refractivity contribution in [1.29, 1.82) is 0 Å². The van der Waals surface area contributed by atoms with Crippen molar-refractivity contribution in [2.24, 2.45) is 0 Å². The van der Waals surface area contributed by atoms with Crippen molar-refractivity contribution in [2.75, 3.05) is 0 Å². The fraction of sp³-hybridized carbons (Fsp3) is 0.222. The van der Waals surface area contributed by atoms with Gasteiger partial charge in [0.25, 0.3) is 0 Å². The summed E-state index contributed by atoms with van der Waals surface area (Å²) in [4.78, 5) is 10.4. The normalized spacial score (nSPS) is 12.2. The van der Waals surface area contributed by atoms with Crippen molar-refractivity contribution in [1.82, 2.24) is 0 Å². The highest BCUT2D eigenvalue weighted by molar-refractivity contribution is 6.34. The van der Waals surface area contributed by atoms with Gasteiger partial charge in [-0.2, -0.15) is 0 Å². The standard InChI is InChI=1S/C9H7Cl2O3/c1-5(9(12)13)14-8-4-6(10)2-3-7(8)11/h2-5H,1H3. The van der Waals surface area contributed by atoms with Crippen molar-refractivity contribution >= 4 is 29.2 Å². The van der Waals surface area contributed by atoms with E-state index in [9.17, 15) is 9.90 Å². The molecular formula is C9H7Cl2O3. The minimum atomic E-state index is -1.30. The van der Waals surface area contributed by atoms with Gasteiger partial charge in [-0.3, -0.25) is 0 Å². The van der Waals surface area contributed by atoms with Crippen LogP contribution >= 0.6 is 23.2 Å². The van der Waals surface area contributed by atoms with Gasteiger partial charge >= 0.3 is 5.97 Å². The Hall–Kier alpha value is -0.930. The molecule has 0 aliphatic carbocycles. The third-order valence-corrected chi connectivity index (χ3v) is 2.08. The molecule has 0 amide bonds. The minimum Gasteiger partial charge on any atom is -0.477 e. The zero-order valence-corrected chi connectivity index (χ0v) is 8.80. The Labute approximate surface area is 91.2 Å². The van der Waals surface area contributed by atoms with Crippen molar-refractivity contribution in [3.05, 3.63) is 28.2 Å². The van der Waals surface area contributed by atoms with Gasteiger partial charge in [-0.1, -0.05) is 23.2 Å². The molecule has 1 rings (SSSR count). The molecule has 0 spiro atoms. The van der Waals surface area contributed by atoms with Gasteiger partial charge in [0.15, 0.2) is 6.10 Å². The van der Waals surface area contributed by atoms with Crippen LogP contribution in [0.2, 0.25) is 10.0 Å². The summed E-state index contributed by atoms with van der Waals surface area (Å²) in [7, 11) is 0. The van der Waals surface area contributed by atoms with Crippen molar-refractivity contribution in [3.63, 3.8) is 0 Å². The maximum atomic E-state index is 10.4.